The van der Waals surface area contributed by atoms with Gasteiger partial charge in [-0.2, -0.15) is 0 Å². The summed E-state index contributed by atoms with van der Waals surface area (Å²) >= 11 is 3.34. The molecular weight excluding hydrogens is 319 g/mol. The summed E-state index contributed by atoms with van der Waals surface area (Å²) in [5.41, 5.74) is 2.28. The zero-order valence-electron chi connectivity index (χ0n) is 10.6. The molecule has 0 aliphatic carbocycles. The Morgan fingerprint density at radius 1 is 1.00 bits per heavy atom. The normalized spacial score (nSPS) is 10.7. The van der Waals surface area contributed by atoms with Crippen molar-refractivity contribution in [3.8, 4) is 0 Å². The molecule has 0 fully saturated rings. The Labute approximate surface area is 124 Å². The van der Waals surface area contributed by atoms with Crippen molar-refractivity contribution in [2.24, 2.45) is 0 Å². The molecule has 0 saturated carbocycles. The summed E-state index contributed by atoms with van der Waals surface area (Å²) < 4.78 is 14.4. The first-order valence-electron chi connectivity index (χ1n) is 6.26. The lowest BCUT2D eigenvalue weighted by Gasteiger charge is -2.09. The first-order valence-corrected chi connectivity index (χ1v) is 7.06. The van der Waals surface area contributed by atoms with Crippen molar-refractivity contribution in [3.63, 3.8) is 0 Å². The maximum atomic E-state index is 13.7. The first-order chi connectivity index (χ1) is 9.74. The molecule has 4 heteroatoms. The zero-order chi connectivity index (χ0) is 13.9. The van der Waals surface area contributed by atoms with E-state index < -0.39 is 0 Å². The van der Waals surface area contributed by atoms with Crippen LogP contribution in [0.3, 0.4) is 0 Å². The van der Waals surface area contributed by atoms with E-state index in [1.54, 1.807) is 12.1 Å². The standard InChI is InChI=1S/C16H12BrFN2/c17-13-5-3-6-14(18)16(13)19-10-12-9-8-11-4-1-2-7-15(11)20-12/h1-9,19H,10H2. The van der Waals surface area contributed by atoms with Crippen LogP contribution in [0.4, 0.5) is 10.1 Å². The number of nitrogens with one attached hydrogen (secondary N) is 1. The van der Waals surface area contributed by atoms with Gasteiger partial charge in [-0.15, -0.1) is 0 Å². The van der Waals surface area contributed by atoms with E-state index in [2.05, 4.69) is 26.2 Å². The number of nitrogens with zero attached hydrogens (tertiary/aromatic N) is 1. The molecule has 1 aromatic heterocycles. The van der Waals surface area contributed by atoms with Crippen LogP contribution in [-0.2, 0) is 6.54 Å². The highest BCUT2D eigenvalue weighted by atomic mass is 79.9. The van der Waals surface area contributed by atoms with Gasteiger partial charge in [-0.1, -0.05) is 30.3 Å². The fourth-order valence-electron chi connectivity index (χ4n) is 2.05. The Balaban J connectivity index is 1.83. The van der Waals surface area contributed by atoms with Crippen molar-refractivity contribution < 1.29 is 4.39 Å². The lowest BCUT2D eigenvalue weighted by molar-refractivity contribution is 0.629. The van der Waals surface area contributed by atoms with E-state index in [0.29, 0.717) is 16.7 Å². The minimum absolute atomic E-state index is 0.278. The number of anilines is 1. The molecular formula is C16H12BrFN2. The van der Waals surface area contributed by atoms with E-state index in [0.717, 1.165) is 16.6 Å². The second kappa shape index (κ2) is 5.59. The van der Waals surface area contributed by atoms with Crippen LogP contribution in [0, 0.1) is 5.82 Å². The number of rotatable bonds is 3. The third-order valence-corrected chi connectivity index (χ3v) is 3.73. The Hall–Kier alpha value is -1.94. The molecule has 0 aliphatic rings. The van der Waals surface area contributed by atoms with Crippen LogP contribution >= 0.6 is 15.9 Å². The number of aromatic nitrogens is 1. The van der Waals surface area contributed by atoms with Crippen LogP contribution < -0.4 is 5.32 Å². The van der Waals surface area contributed by atoms with Gasteiger partial charge in [0.05, 0.1) is 23.4 Å². The van der Waals surface area contributed by atoms with Gasteiger partial charge in [0.2, 0.25) is 0 Å². The van der Waals surface area contributed by atoms with Crippen molar-refractivity contribution in [1.82, 2.24) is 4.98 Å². The number of benzene rings is 2. The fourth-order valence-corrected chi connectivity index (χ4v) is 2.53. The van der Waals surface area contributed by atoms with Gasteiger partial charge in [-0.05, 0) is 40.2 Å². The lowest BCUT2D eigenvalue weighted by Crippen LogP contribution is -2.04. The second-order valence-corrected chi connectivity index (χ2v) is 5.30. The summed E-state index contributed by atoms with van der Waals surface area (Å²) in [6.07, 6.45) is 0. The molecule has 0 unspecified atom stereocenters. The van der Waals surface area contributed by atoms with Crippen molar-refractivity contribution in [1.29, 1.82) is 0 Å². The minimum Gasteiger partial charge on any atom is -0.376 e. The number of hydrogen-bond acceptors (Lipinski definition) is 2. The van der Waals surface area contributed by atoms with Gasteiger partial charge in [0.1, 0.15) is 5.82 Å². The van der Waals surface area contributed by atoms with Crippen LogP contribution in [0.2, 0.25) is 0 Å². The highest BCUT2D eigenvalue weighted by Crippen LogP contribution is 2.25. The third kappa shape index (κ3) is 2.65. The van der Waals surface area contributed by atoms with E-state index in [4.69, 9.17) is 0 Å². The first kappa shape index (κ1) is 13.1. The molecule has 0 aliphatic heterocycles. The van der Waals surface area contributed by atoms with Crippen LogP contribution in [0.15, 0.2) is 59.1 Å². The molecule has 3 rings (SSSR count). The summed E-state index contributed by atoms with van der Waals surface area (Å²) in [4.78, 5) is 4.55. The van der Waals surface area contributed by atoms with Gasteiger partial charge in [-0.3, -0.25) is 4.98 Å². The van der Waals surface area contributed by atoms with Crippen LogP contribution in [0.5, 0.6) is 0 Å². The summed E-state index contributed by atoms with van der Waals surface area (Å²) in [7, 11) is 0. The molecule has 0 amide bonds. The number of fused-ring (bicyclic) bond motifs is 1. The number of pyridine rings is 1. The summed E-state index contributed by atoms with van der Waals surface area (Å²) in [6, 6.07) is 16.8. The smallest absolute Gasteiger partial charge is 0.147 e. The van der Waals surface area contributed by atoms with Crippen LogP contribution in [0.25, 0.3) is 10.9 Å². The topological polar surface area (TPSA) is 24.9 Å². The quantitative estimate of drug-likeness (QED) is 0.749. The SMILES string of the molecule is Fc1cccc(Br)c1NCc1ccc2ccccc2n1. The van der Waals surface area contributed by atoms with E-state index in [9.17, 15) is 4.39 Å². The van der Waals surface area contributed by atoms with E-state index in [1.807, 2.05) is 36.4 Å². The average molecular weight is 331 g/mol. The molecule has 0 saturated heterocycles. The largest absolute Gasteiger partial charge is 0.376 e. The Bertz CT molecular complexity index is 738. The number of para-hydroxylation sites is 2. The van der Waals surface area contributed by atoms with E-state index in [-0.39, 0.29) is 5.82 Å². The summed E-state index contributed by atoms with van der Waals surface area (Å²) in [5.74, 6) is -0.278. The maximum absolute atomic E-state index is 13.7. The van der Waals surface area contributed by atoms with Crippen molar-refractivity contribution >= 4 is 32.5 Å². The fraction of sp³-hybridized carbons (Fsp3) is 0.0625. The molecule has 2 aromatic carbocycles. The molecule has 2 nitrogen and oxygen atoms in total. The number of halogens is 2. The van der Waals surface area contributed by atoms with Gasteiger partial charge >= 0.3 is 0 Å². The molecule has 1 heterocycles. The maximum Gasteiger partial charge on any atom is 0.147 e. The number of hydrogen-bond donors (Lipinski definition) is 1. The monoisotopic (exact) mass is 330 g/mol. The average Bonchev–Trinajstić information content (AvgIpc) is 2.46. The summed E-state index contributed by atoms with van der Waals surface area (Å²) in [5, 5.41) is 4.18. The van der Waals surface area contributed by atoms with Gasteiger partial charge in [0, 0.05) is 9.86 Å². The molecule has 100 valence electrons. The van der Waals surface area contributed by atoms with Gasteiger partial charge in [0.25, 0.3) is 0 Å². The van der Waals surface area contributed by atoms with Gasteiger partial charge < -0.3 is 5.32 Å². The minimum atomic E-state index is -0.278. The van der Waals surface area contributed by atoms with Crippen LogP contribution in [0.1, 0.15) is 5.69 Å². The molecule has 3 aromatic rings. The van der Waals surface area contributed by atoms with Crippen molar-refractivity contribution in [3.05, 3.63) is 70.6 Å². The predicted octanol–water partition coefficient (Wildman–Crippen LogP) is 4.75. The second-order valence-electron chi connectivity index (χ2n) is 4.45. The third-order valence-electron chi connectivity index (χ3n) is 3.07. The van der Waals surface area contributed by atoms with Crippen molar-refractivity contribution in [2.75, 3.05) is 5.32 Å². The Morgan fingerprint density at radius 3 is 2.70 bits per heavy atom. The van der Waals surface area contributed by atoms with E-state index in [1.165, 1.54) is 6.07 Å². The van der Waals surface area contributed by atoms with Gasteiger partial charge in [0.15, 0.2) is 0 Å². The Kier molecular flexibility index (Phi) is 3.65. The van der Waals surface area contributed by atoms with Crippen molar-refractivity contribution in [2.45, 2.75) is 6.54 Å². The molecule has 20 heavy (non-hydrogen) atoms. The Morgan fingerprint density at radius 2 is 1.85 bits per heavy atom. The van der Waals surface area contributed by atoms with Gasteiger partial charge in [-0.25, -0.2) is 4.39 Å². The molecule has 0 spiro atoms. The zero-order valence-corrected chi connectivity index (χ0v) is 12.2. The highest BCUT2D eigenvalue weighted by molar-refractivity contribution is 9.10. The molecule has 1 N–H and O–H groups in total. The summed E-state index contributed by atoms with van der Waals surface area (Å²) in [6.45, 7) is 0.477. The molecule has 0 bridgehead atoms. The molecule has 0 radical (unpaired) electrons. The molecule has 0 atom stereocenters. The highest BCUT2D eigenvalue weighted by Gasteiger charge is 2.06. The van der Waals surface area contributed by atoms with Crippen LogP contribution in [-0.4, -0.2) is 4.98 Å². The lowest BCUT2D eigenvalue weighted by atomic mass is 10.2. The van der Waals surface area contributed by atoms with E-state index >= 15 is 0 Å². The predicted molar refractivity (Wildman–Crippen MR) is 83.2 cm³/mol.